The summed E-state index contributed by atoms with van der Waals surface area (Å²) < 4.78 is 5.29. The van der Waals surface area contributed by atoms with E-state index in [9.17, 15) is 14.4 Å². The number of carbonyl (C=O) groups excluding carboxylic acids is 3. The molecule has 5 rings (SSSR count). The topological polar surface area (TPSA) is 109 Å². The first-order chi connectivity index (χ1) is 22.7. The minimum absolute atomic E-state index is 0.0589. The molecule has 3 N–H and O–H groups in total. The molecule has 0 spiro atoms. The number of rotatable bonds is 11. The molecule has 8 nitrogen and oxygen atoms in total. The van der Waals surface area contributed by atoms with Gasteiger partial charge in [-0.1, -0.05) is 65.7 Å². The van der Waals surface area contributed by atoms with Crippen LogP contribution in [0.15, 0.2) is 113 Å². The number of hydrogen-bond acceptors (Lipinski definition) is 7. The van der Waals surface area contributed by atoms with Crippen LogP contribution >= 0.6 is 46.3 Å². The molecule has 3 amide bonds. The number of amides is 3. The van der Waals surface area contributed by atoms with Crippen molar-refractivity contribution in [3.63, 3.8) is 0 Å². The van der Waals surface area contributed by atoms with Gasteiger partial charge < -0.3 is 20.7 Å². The first-order valence-electron chi connectivity index (χ1n) is 14.2. The van der Waals surface area contributed by atoms with Crippen molar-refractivity contribution in [2.24, 2.45) is 0 Å². The standard InChI is InChI=1S/C35H28Cl2N4O4S2/c1-21(32(42)41-35-40-31(20-46-35)23-11-6-13-25(17-23)45-2)47-26-14-7-12-24(18-26)38-34(44)30(19-27-28(36)15-8-16-29(27)37)39-33(43)22-9-4-3-5-10-22/h3-21H,1-2H3,(H,38,44)(H,39,43)(H,40,41,42)/b30-19+. The van der Waals surface area contributed by atoms with Crippen LogP contribution in [-0.4, -0.2) is 35.1 Å². The molecule has 1 unspecified atom stereocenters. The average molecular weight is 704 g/mol. The summed E-state index contributed by atoms with van der Waals surface area (Å²) in [6, 6.07) is 28.1. The monoisotopic (exact) mass is 702 g/mol. The Morgan fingerprint density at radius 2 is 1.62 bits per heavy atom. The van der Waals surface area contributed by atoms with Crippen molar-refractivity contribution in [1.29, 1.82) is 0 Å². The number of ether oxygens (including phenoxy) is 1. The molecule has 0 aliphatic carbocycles. The predicted octanol–water partition coefficient (Wildman–Crippen LogP) is 8.65. The summed E-state index contributed by atoms with van der Waals surface area (Å²) in [6.45, 7) is 1.79. The number of thiazole rings is 1. The second kappa shape index (κ2) is 15.8. The molecule has 238 valence electrons. The number of nitrogens with one attached hydrogen (secondary N) is 3. The fourth-order valence-corrected chi connectivity index (χ4v) is 6.45. The number of aromatic nitrogens is 1. The third kappa shape index (κ3) is 9.02. The Kier molecular flexibility index (Phi) is 11.3. The number of hydrogen-bond donors (Lipinski definition) is 3. The van der Waals surface area contributed by atoms with Crippen molar-refractivity contribution in [3.8, 4) is 17.0 Å². The zero-order valence-electron chi connectivity index (χ0n) is 25.1. The van der Waals surface area contributed by atoms with Gasteiger partial charge in [0.05, 0.1) is 18.1 Å². The summed E-state index contributed by atoms with van der Waals surface area (Å²) in [5.74, 6) is -0.566. The summed E-state index contributed by atoms with van der Waals surface area (Å²) >= 11 is 15.4. The lowest BCUT2D eigenvalue weighted by atomic mass is 10.1. The number of thioether (sulfide) groups is 1. The molecule has 0 bridgehead atoms. The first-order valence-corrected chi connectivity index (χ1v) is 16.7. The van der Waals surface area contributed by atoms with Crippen LogP contribution < -0.4 is 20.7 Å². The molecule has 0 saturated heterocycles. The van der Waals surface area contributed by atoms with E-state index in [4.69, 9.17) is 27.9 Å². The Labute approximate surface area is 290 Å². The molecule has 4 aromatic carbocycles. The largest absolute Gasteiger partial charge is 0.497 e. The molecule has 12 heteroatoms. The molecule has 0 fully saturated rings. The molecule has 1 aromatic heterocycles. The second-order valence-corrected chi connectivity index (χ2v) is 13.1. The third-order valence-electron chi connectivity index (χ3n) is 6.69. The summed E-state index contributed by atoms with van der Waals surface area (Å²) in [4.78, 5) is 44.9. The van der Waals surface area contributed by atoms with Crippen LogP contribution in [0.2, 0.25) is 10.0 Å². The molecule has 0 aliphatic heterocycles. The van der Waals surface area contributed by atoms with E-state index in [2.05, 4.69) is 20.9 Å². The molecule has 0 aliphatic rings. The van der Waals surface area contributed by atoms with Gasteiger partial charge in [0.1, 0.15) is 11.4 Å². The van der Waals surface area contributed by atoms with Crippen LogP contribution in [0.3, 0.4) is 0 Å². The maximum Gasteiger partial charge on any atom is 0.272 e. The highest BCUT2D eigenvalue weighted by Gasteiger charge is 2.19. The first kappa shape index (κ1) is 33.7. The number of nitrogens with zero attached hydrogens (tertiary/aromatic N) is 1. The van der Waals surface area contributed by atoms with Crippen LogP contribution in [0.4, 0.5) is 10.8 Å². The lowest BCUT2D eigenvalue weighted by molar-refractivity contribution is -0.115. The summed E-state index contributed by atoms with van der Waals surface area (Å²) in [6.07, 6.45) is 1.43. The fourth-order valence-electron chi connectivity index (χ4n) is 4.29. The van der Waals surface area contributed by atoms with E-state index in [1.54, 1.807) is 80.8 Å². The van der Waals surface area contributed by atoms with Gasteiger partial charge in [-0.2, -0.15) is 0 Å². The van der Waals surface area contributed by atoms with E-state index in [0.29, 0.717) is 32.0 Å². The fraction of sp³-hybridized carbons (Fsp3) is 0.0857. The van der Waals surface area contributed by atoms with Crippen molar-refractivity contribution in [2.75, 3.05) is 17.7 Å². The number of benzene rings is 4. The van der Waals surface area contributed by atoms with Crippen LogP contribution in [0.1, 0.15) is 22.8 Å². The van der Waals surface area contributed by atoms with E-state index < -0.39 is 17.1 Å². The Morgan fingerprint density at radius 3 is 2.36 bits per heavy atom. The van der Waals surface area contributed by atoms with Gasteiger partial charge in [0.25, 0.3) is 11.8 Å². The molecule has 0 radical (unpaired) electrons. The van der Waals surface area contributed by atoms with Crippen LogP contribution in [0, 0.1) is 0 Å². The van der Waals surface area contributed by atoms with Crippen molar-refractivity contribution < 1.29 is 19.1 Å². The predicted molar refractivity (Wildman–Crippen MR) is 191 cm³/mol. The third-order valence-corrected chi connectivity index (χ3v) is 9.20. The van der Waals surface area contributed by atoms with E-state index in [-0.39, 0.29) is 11.6 Å². The highest BCUT2D eigenvalue weighted by Crippen LogP contribution is 2.31. The van der Waals surface area contributed by atoms with Gasteiger partial charge in [0.15, 0.2) is 5.13 Å². The van der Waals surface area contributed by atoms with Crippen molar-refractivity contribution in [2.45, 2.75) is 17.1 Å². The molecule has 47 heavy (non-hydrogen) atoms. The molecular weight excluding hydrogens is 675 g/mol. The molecule has 5 aromatic rings. The quantitative estimate of drug-likeness (QED) is 0.0939. The Bertz CT molecular complexity index is 1930. The van der Waals surface area contributed by atoms with Gasteiger partial charge in [-0.05, 0) is 67.6 Å². The lowest BCUT2D eigenvalue weighted by Crippen LogP contribution is -2.30. The molecule has 1 atom stereocenters. The van der Waals surface area contributed by atoms with Crippen LogP contribution in [0.25, 0.3) is 17.3 Å². The van der Waals surface area contributed by atoms with Gasteiger partial charge in [0.2, 0.25) is 5.91 Å². The van der Waals surface area contributed by atoms with Gasteiger partial charge in [-0.15, -0.1) is 23.1 Å². The Balaban J connectivity index is 1.27. The maximum atomic E-state index is 13.5. The minimum atomic E-state index is -0.589. The van der Waals surface area contributed by atoms with E-state index in [1.165, 1.54) is 29.2 Å². The maximum absolute atomic E-state index is 13.5. The number of halogens is 2. The second-order valence-electron chi connectivity index (χ2n) is 10.0. The van der Waals surface area contributed by atoms with Crippen molar-refractivity contribution >= 4 is 80.9 Å². The minimum Gasteiger partial charge on any atom is -0.497 e. The smallest absolute Gasteiger partial charge is 0.272 e. The van der Waals surface area contributed by atoms with Gasteiger partial charge in [-0.25, -0.2) is 4.98 Å². The van der Waals surface area contributed by atoms with Gasteiger partial charge in [-0.3, -0.25) is 14.4 Å². The number of anilines is 2. The van der Waals surface area contributed by atoms with Crippen molar-refractivity contribution in [1.82, 2.24) is 10.3 Å². The average Bonchev–Trinajstić information content (AvgIpc) is 3.55. The highest BCUT2D eigenvalue weighted by molar-refractivity contribution is 8.00. The Morgan fingerprint density at radius 1 is 0.894 bits per heavy atom. The number of methoxy groups -OCH3 is 1. The number of carbonyl (C=O) groups is 3. The SMILES string of the molecule is COc1cccc(-c2csc(NC(=O)C(C)Sc3cccc(NC(=O)/C(=C\c4c(Cl)cccc4Cl)NC(=O)c4ccccc4)c3)n2)c1. The van der Waals surface area contributed by atoms with Gasteiger partial charge >= 0.3 is 0 Å². The van der Waals surface area contributed by atoms with Crippen LogP contribution in [-0.2, 0) is 9.59 Å². The highest BCUT2D eigenvalue weighted by atomic mass is 35.5. The lowest BCUT2D eigenvalue weighted by Gasteiger charge is -2.14. The summed E-state index contributed by atoms with van der Waals surface area (Å²) in [7, 11) is 1.61. The molecule has 1 heterocycles. The van der Waals surface area contributed by atoms with E-state index in [1.807, 2.05) is 35.7 Å². The molecular formula is C35H28Cl2N4O4S2. The van der Waals surface area contributed by atoms with Crippen molar-refractivity contribution in [3.05, 3.63) is 129 Å². The summed E-state index contributed by atoms with van der Waals surface area (Å²) in [5.41, 5.74) is 2.77. The normalized spacial score (nSPS) is 11.8. The van der Waals surface area contributed by atoms with E-state index >= 15 is 0 Å². The van der Waals surface area contributed by atoms with Crippen LogP contribution in [0.5, 0.6) is 5.75 Å². The van der Waals surface area contributed by atoms with E-state index in [0.717, 1.165) is 21.9 Å². The summed E-state index contributed by atoms with van der Waals surface area (Å²) in [5, 5.41) is 10.9. The van der Waals surface area contributed by atoms with Gasteiger partial charge in [0, 0.05) is 42.7 Å². The Hall–Kier alpha value is -4.61. The zero-order valence-corrected chi connectivity index (χ0v) is 28.3. The zero-order chi connectivity index (χ0) is 33.3. The molecule has 0 saturated carbocycles.